The number of carbonyl (C=O) groups excluding carboxylic acids is 1. The van der Waals surface area contributed by atoms with Crippen LogP contribution in [-0.4, -0.2) is 26.1 Å². The van der Waals surface area contributed by atoms with E-state index in [4.69, 9.17) is 28.2 Å². The Labute approximate surface area is 225 Å². The van der Waals surface area contributed by atoms with Gasteiger partial charge < -0.3 is 25.7 Å². The number of pyridine rings is 1. The van der Waals surface area contributed by atoms with E-state index in [0.717, 1.165) is 16.5 Å². The number of H-pyrrole nitrogens is 2. The average Bonchev–Trinajstić information content (AvgIpc) is 3.48. The second-order valence-corrected chi connectivity index (χ2v) is 10.5. The first kappa shape index (κ1) is 24.9. The van der Waals surface area contributed by atoms with Gasteiger partial charge >= 0.3 is 6.03 Å². The fourth-order valence-corrected chi connectivity index (χ4v) is 5.27. The first-order valence-electron chi connectivity index (χ1n) is 11.3. The number of urea groups is 1. The summed E-state index contributed by atoms with van der Waals surface area (Å²) in [6.45, 7) is 0.341. The van der Waals surface area contributed by atoms with Crippen molar-refractivity contribution in [1.82, 2.24) is 25.6 Å². The van der Waals surface area contributed by atoms with Crippen LogP contribution in [0.3, 0.4) is 0 Å². The van der Waals surface area contributed by atoms with E-state index < -0.39 is 11.6 Å². The van der Waals surface area contributed by atoms with Crippen LogP contribution >= 0.6 is 34.5 Å². The predicted molar refractivity (Wildman–Crippen MR) is 146 cm³/mol. The van der Waals surface area contributed by atoms with Crippen molar-refractivity contribution in [2.75, 3.05) is 0 Å². The van der Waals surface area contributed by atoms with Crippen LogP contribution in [0, 0.1) is 0 Å². The van der Waals surface area contributed by atoms with Crippen LogP contribution < -0.4 is 16.2 Å². The van der Waals surface area contributed by atoms with E-state index in [1.807, 2.05) is 36.4 Å². The van der Waals surface area contributed by atoms with Crippen LogP contribution in [0.25, 0.3) is 22.2 Å². The van der Waals surface area contributed by atoms with Crippen molar-refractivity contribution in [3.8, 4) is 17.0 Å². The van der Waals surface area contributed by atoms with Gasteiger partial charge in [-0.15, -0.1) is 11.3 Å². The Kier molecular flexibility index (Phi) is 7.18. The molecule has 0 bridgehead atoms. The van der Waals surface area contributed by atoms with Crippen LogP contribution in [0.4, 0.5) is 4.79 Å². The Morgan fingerprint density at radius 2 is 1.86 bits per heavy atom. The van der Waals surface area contributed by atoms with E-state index in [9.17, 15) is 14.7 Å². The van der Waals surface area contributed by atoms with E-state index in [1.54, 1.807) is 24.3 Å². The third kappa shape index (κ3) is 5.80. The number of halogens is 2. The lowest BCUT2D eigenvalue weighted by molar-refractivity contribution is 0.236. The summed E-state index contributed by atoms with van der Waals surface area (Å²) in [5, 5.41) is 16.8. The van der Waals surface area contributed by atoms with Gasteiger partial charge in [0.2, 0.25) is 0 Å². The summed E-state index contributed by atoms with van der Waals surface area (Å²) in [7, 11) is 0. The molecule has 5 N–H and O–H groups in total. The standard InChI is InChI=1S/C26H21Cl2N5O3S/c27-21-9-7-16(37-21)13-29-26(36)31-19(10-14-4-2-1-3-5-14)25-32-23(24(28)33-25)15-6-8-18-17(11-15)20(34)12-22(35)30-18/h1-9,11-12,19H,10,13H2,(H,32,33)(H2,29,31,36)(H2,30,34,35). The summed E-state index contributed by atoms with van der Waals surface area (Å²) in [6, 6.07) is 18.8. The lowest BCUT2D eigenvalue weighted by Crippen LogP contribution is -2.38. The molecule has 3 aromatic heterocycles. The highest BCUT2D eigenvalue weighted by atomic mass is 35.5. The fourth-order valence-electron chi connectivity index (χ4n) is 4.00. The van der Waals surface area contributed by atoms with Crippen LogP contribution in [0.15, 0.2) is 71.5 Å². The summed E-state index contributed by atoms with van der Waals surface area (Å²) in [5.41, 5.74) is 2.20. The number of fused-ring (bicyclic) bond motifs is 1. The summed E-state index contributed by atoms with van der Waals surface area (Å²) < 4.78 is 0.658. The number of amides is 2. The number of hydrogen-bond donors (Lipinski definition) is 5. The molecule has 37 heavy (non-hydrogen) atoms. The normalized spacial score (nSPS) is 11.9. The van der Waals surface area contributed by atoms with Gasteiger partial charge in [0.25, 0.3) is 5.56 Å². The zero-order valence-corrected chi connectivity index (χ0v) is 21.5. The highest BCUT2D eigenvalue weighted by Gasteiger charge is 2.22. The third-order valence-electron chi connectivity index (χ3n) is 5.74. The zero-order chi connectivity index (χ0) is 25.9. The summed E-state index contributed by atoms with van der Waals surface area (Å²) in [4.78, 5) is 35.9. The van der Waals surface area contributed by atoms with Gasteiger partial charge in [-0.05, 0) is 36.2 Å². The topological polar surface area (TPSA) is 123 Å². The van der Waals surface area contributed by atoms with Gasteiger partial charge in [-0.3, -0.25) is 4.79 Å². The van der Waals surface area contributed by atoms with Crippen LogP contribution in [0.2, 0.25) is 9.49 Å². The molecule has 0 saturated carbocycles. The van der Waals surface area contributed by atoms with E-state index in [0.29, 0.717) is 45.3 Å². The molecule has 0 aliphatic heterocycles. The lowest BCUT2D eigenvalue weighted by atomic mass is 10.1. The molecular formula is C26H21Cl2N5O3S. The molecule has 188 valence electrons. The number of hydrogen-bond acceptors (Lipinski definition) is 5. The highest BCUT2D eigenvalue weighted by Crippen LogP contribution is 2.32. The summed E-state index contributed by atoms with van der Waals surface area (Å²) in [6.07, 6.45) is 0.474. The van der Waals surface area contributed by atoms with Crippen molar-refractivity contribution in [3.05, 3.63) is 103 Å². The SMILES string of the molecule is O=C(NCc1ccc(Cl)s1)NC(Cc1ccccc1)c1nc(-c2ccc3[nH]c(=O)cc(O)c3c2)c(Cl)[nH]1. The number of aromatic nitrogens is 3. The quantitative estimate of drug-likeness (QED) is 0.175. The molecule has 0 spiro atoms. The Hall–Kier alpha value is -3.79. The van der Waals surface area contributed by atoms with Gasteiger partial charge in [0.15, 0.2) is 0 Å². The smallest absolute Gasteiger partial charge is 0.315 e. The van der Waals surface area contributed by atoms with Crippen LogP contribution in [0.1, 0.15) is 22.3 Å². The zero-order valence-electron chi connectivity index (χ0n) is 19.2. The van der Waals surface area contributed by atoms with Gasteiger partial charge in [-0.25, -0.2) is 9.78 Å². The first-order chi connectivity index (χ1) is 17.9. The maximum Gasteiger partial charge on any atom is 0.315 e. The molecule has 8 nitrogen and oxygen atoms in total. The van der Waals surface area contributed by atoms with Crippen molar-refractivity contribution in [3.63, 3.8) is 0 Å². The maximum atomic E-state index is 12.8. The van der Waals surface area contributed by atoms with Gasteiger partial charge in [0.05, 0.1) is 22.4 Å². The molecular weight excluding hydrogens is 533 g/mol. The number of aromatic hydroxyl groups is 1. The van der Waals surface area contributed by atoms with E-state index >= 15 is 0 Å². The van der Waals surface area contributed by atoms with Crippen LogP contribution in [0.5, 0.6) is 5.75 Å². The molecule has 0 aliphatic rings. The number of rotatable bonds is 7. The largest absolute Gasteiger partial charge is 0.507 e. The second kappa shape index (κ2) is 10.7. The minimum atomic E-state index is -0.509. The molecule has 0 aliphatic carbocycles. The molecule has 3 heterocycles. The van der Waals surface area contributed by atoms with Crippen molar-refractivity contribution >= 4 is 51.5 Å². The molecule has 1 atom stereocenters. The minimum absolute atomic E-state index is 0.139. The highest BCUT2D eigenvalue weighted by molar-refractivity contribution is 7.16. The Balaban J connectivity index is 1.42. The number of aromatic amines is 2. The number of imidazole rings is 1. The van der Waals surface area contributed by atoms with Gasteiger partial charge in [-0.2, -0.15) is 0 Å². The van der Waals surface area contributed by atoms with Gasteiger partial charge in [0, 0.05) is 21.9 Å². The van der Waals surface area contributed by atoms with Crippen molar-refractivity contribution in [2.24, 2.45) is 0 Å². The van der Waals surface area contributed by atoms with Gasteiger partial charge in [0.1, 0.15) is 22.4 Å². The molecule has 0 saturated heterocycles. The van der Waals surface area contributed by atoms with Crippen LogP contribution in [-0.2, 0) is 13.0 Å². The molecule has 5 rings (SSSR count). The molecule has 5 aromatic rings. The van der Waals surface area contributed by atoms with E-state index in [2.05, 4.69) is 20.6 Å². The predicted octanol–water partition coefficient (Wildman–Crippen LogP) is 5.78. The first-order valence-corrected chi connectivity index (χ1v) is 12.9. The van der Waals surface area contributed by atoms with Gasteiger partial charge in [-0.1, -0.05) is 59.6 Å². The summed E-state index contributed by atoms with van der Waals surface area (Å²) in [5.74, 6) is 0.337. The molecule has 2 aromatic carbocycles. The second-order valence-electron chi connectivity index (χ2n) is 8.34. The lowest BCUT2D eigenvalue weighted by Gasteiger charge is -2.17. The van der Waals surface area contributed by atoms with E-state index in [1.165, 1.54) is 11.3 Å². The number of benzene rings is 2. The number of nitrogens with zero attached hydrogens (tertiary/aromatic N) is 1. The molecule has 11 heteroatoms. The molecule has 0 radical (unpaired) electrons. The third-order valence-corrected chi connectivity index (χ3v) is 7.25. The Bertz CT molecular complexity index is 1630. The molecule has 2 amide bonds. The molecule has 0 fully saturated rings. The minimum Gasteiger partial charge on any atom is -0.507 e. The average molecular weight is 554 g/mol. The number of nitrogens with one attached hydrogen (secondary N) is 4. The Morgan fingerprint density at radius 1 is 1.05 bits per heavy atom. The van der Waals surface area contributed by atoms with Crippen molar-refractivity contribution < 1.29 is 9.90 Å². The Morgan fingerprint density at radius 3 is 2.62 bits per heavy atom. The van der Waals surface area contributed by atoms with Crippen molar-refractivity contribution in [2.45, 2.75) is 19.0 Å². The fraction of sp³-hybridized carbons (Fsp3) is 0.115. The van der Waals surface area contributed by atoms with Crippen molar-refractivity contribution in [1.29, 1.82) is 0 Å². The number of carbonyl (C=O) groups is 1. The maximum absolute atomic E-state index is 12.8. The molecule has 1 unspecified atom stereocenters. The van der Waals surface area contributed by atoms with E-state index in [-0.39, 0.29) is 16.9 Å². The monoisotopic (exact) mass is 553 g/mol. The number of thiophene rings is 1. The summed E-state index contributed by atoms with van der Waals surface area (Å²) >= 11 is 13.9.